The second-order valence-corrected chi connectivity index (χ2v) is 3.99. The second-order valence-electron chi connectivity index (χ2n) is 3.99. The van der Waals surface area contributed by atoms with Crippen LogP contribution in [0.15, 0.2) is 18.3 Å². The summed E-state index contributed by atoms with van der Waals surface area (Å²) in [6.07, 6.45) is 2.35. The third-order valence-electron chi connectivity index (χ3n) is 2.57. The molecule has 0 fully saturated rings. The summed E-state index contributed by atoms with van der Waals surface area (Å²) in [7, 11) is 0. The number of carbonyl (C=O) groups excluding carboxylic acids is 1. The summed E-state index contributed by atoms with van der Waals surface area (Å²) < 4.78 is 1.85. The number of carboxylic acid groups (broad SMARTS) is 1. The van der Waals surface area contributed by atoms with Gasteiger partial charge >= 0.3 is 5.97 Å². The fourth-order valence-electron chi connectivity index (χ4n) is 1.61. The molecule has 0 radical (unpaired) electrons. The van der Waals surface area contributed by atoms with E-state index in [1.54, 1.807) is 13.0 Å². The molecule has 1 heterocycles. The number of rotatable bonds is 6. The number of nitrogens with zero attached hydrogens (tertiary/aromatic N) is 1. The zero-order chi connectivity index (χ0) is 12.8. The molecular formula is C12H18N2O3. The molecule has 94 valence electrons. The van der Waals surface area contributed by atoms with Gasteiger partial charge in [0.2, 0.25) is 0 Å². The molecule has 0 saturated carbocycles. The van der Waals surface area contributed by atoms with Crippen LogP contribution in [0.5, 0.6) is 0 Å². The number of hydrogen-bond donors (Lipinski definition) is 2. The predicted octanol–water partition coefficient (Wildman–Crippen LogP) is 1.49. The molecule has 0 aliphatic heterocycles. The minimum atomic E-state index is -0.844. The van der Waals surface area contributed by atoms with E-state index in [1.165, 1.54) is 0 Å². The van der Waals surface area contributed by atoms with Gasteiger partial charge in [-0.3, -0.25) is 9.59 Å². The first kappa shape index (κ1) is 13.3. The van der Waals surface area contributed by atoms with E-state index in [1.807, 2.05) is 23.8 Å². The quantitative estimate of drug-likeness (QED) is 0.788. The lowest BCUT2D eigenvalue weighted by Crippen LogP contribution is -2.34. The molecule has 0 saturated heterocycles. The van der Waals surface area contributed by atoms with Gasteiger partial charge in [-0.25, -0.2) is 0 Å². The molecule has 1 aromatic heterocycles. The molecule has 0 spiro atoms. The molecule has 0 bridgehead atoms. The molecule has 2 N–H and O–H groups in total. The Balaban J connectivity index is 2.51. The Hall–Kier alpha value is -1.78. The van der Waals surface area contributed by atoms with Crippen molar-refractivity contribution in [3.8, 4) is 0 Å². The predicted molar refractivity (Wildman–Crippen MR) is 63.9 cm³/mol. The number of hydrogen-bond acceptors (Lipinski definition) is 2. The molecule has 1 unspecified atom stereocenters. The Morgan fingerprint density at radius 3 is 2.82 bits per heavy atom. The minimum Gasteiger partial charge on any atom is -0.481 e. The van der Waals surface area contributed by atoms with E-state index in [0.717, 1.165) is 6.54 Å². The molecule has 1 rings (SSSR count). The van der Waals surface area contributed by atoms with Crippen molar-refractivity contribution in [1.29, 1.82) is 0 Å². The summed E-state index contributed by atoms with van der Waals surface area (Å²) in [5.74, 6) is -1.00. The molecule has 0 aliphatic carbocycles. The molecule has 1 amide bonds. The number of aliphatic carboxylic acids is 1. The van der Waals surface area contributed by atoms with E-state index in [2.05, 4.69) is 5.32 Å². The molecular weight excluding hydrogens is 220 g/mol. The molecule has 0 aliphatic rings. The number of aryl methyl sites for hydroxylation is 1. The third-order valence-corrected chi connectivity index (χ3v) is 2.57. The van der Waals surface area contributed by atoms with Gasteiger partial charge in [-0.1, -0.05) is 0 Å². The van der Waals surface area contributed by atoms with Gasteiger partial charge in [0.05, 0.1) is 0 Å². The smallest absolute Gasteiger partial charge is 0.303 e. The Labute approximate surface area is 100 Å². The van der Waals surface area contributed by atoms with Gasteiger partial charge in [0.25, 0.3) is 5.91 Å². The lowest BCUT2D eigenvalue weighted by atomic mass is 10.2. The first-order valence-corrected chi connectivity index (χ1v) is 5.72. The SMILES string of the molecule is CCn1cccc1C(=O)NC(C)CCC(=O)O. The highest BCUT2D eigenvalue weighted by Crippen LogP contribution is 2.04. The maximum atomic E-state index is 11.9. The fraction of sp³-hybridized carbons (Fsp3) is 0.500. The average molecular weight is 238 g/mol. The molecule has 0 aromatic carbocycles. The van der Waals surface area contributed by atoms with Crippen molar-refractivity contribution < 1.29 is 14.7 Å². The van der Waals surface area contributed by atoms with Crippen LogP contribution < -0.4 is 5.32 Å². The second kappa shape index (κ2) is 6.08. The van der Waals surface area contributed by atoms with Crippen molar-refractivity contribution in [2.24, 2.45) is 0 Å². The Morgan fingerprint density at radius 1 is 1.53 bits per heavy atom. The van der Waals surface area contributed by atoms with E-state index >= 15 is 0 Å². The Morgan fingerprint density at radius 2 is 2.24 bits per heavy atom. The lowest BCUT2D eigenvalue weighted by Gasteiger charge is -2.13. The van der Waals surface area contributed by atoms with Gasteiger partial charge in [0, 0.05) is 25.2 Å². The van der Waals surface area contributed by atoms with Crippen LogP contribution in [-0.4, -0.2) is 27.6 Å². The standard InChI is InChI=1S/C12H18N2O3/c1-3-14-8-4-5-10(14)12(17)13-9(2)6-7-11(15)16/h4-5,8-9H,3,6-7H2,1-2H3,(H,13,17)(H,15,16). The lowest BCUT2D eigenvalue weighted by molar-refractivity contribution is -0.137. The zero-order valence-corrected chi connectivity index (χ0v) is 10.1. The number of aromatic nitrogens is 1. The first-order chi connectivity index (χ1) is 8.04. The average Bonchev–Trinajstić information content (AvgIpc) is 2.74. The first-order valence-electron chi connectivity index (χ1n) is 5.72. The number of carbonyl (C=O) groups is 2. The summed E-state index contributed by atoms with van der Waals surface area (Å²) >= 11 is 0. The highest BCUT2D eigenvalue weighted by molar-refractivity contribution is 5.92. The summed E-state index contributed by atoms with van der Waals surface area (Å²) in [5.41, 5.74) is 0.606. The van der Waals surface area contributed by atoms with Crippen molar-refractivity contribution in [1.82, 2.24) is 9.88 Å². The third kappa shape index (κ3) is 3.94. The largest absolute Gasteiger partial charge is 0.481 e. The van der Waals surface area contributed by atoms with Gasteiger partial charge in [-0.05, 0) is 32.4 Å². The Bertz CT molecular complexity index is 398. The van der Waals surface area contributed by atoms with Crippen molar-refractivity contribution in [3.05, 3.63) is 24.0 Å². The highest BCUT2D eigenvalue weighted by atomic mass is 16.4. The topological polar surface area (TPSA) is 71.3 Å². The van der Waals surface area contributed by atoms with E-state index < -0.39 is 5.97 Å². The van der Waals surface area contributed by atoms with Crippen LogP contribution >= 0.6 is 0 Å². The van der Waals surface area contributed by atoms with E-state index in [-0.39, 0.29) is 18.4 Å². The maximum Gasteiger partial charge on any atom is 0.303 e. The van der Waals surface area contributed by atoms with Crippen LogP contribution in [0.25, 0.3) is 0 Å². The number of carboxylic acids is 1. The van der Waals surface area contributed by atoms with Gasteiger partial charge < -0.3 is 15.0 Å². The maximum absolute atomic E-state index is 11.9. The van der Waals surface area contributed by atoms with Gasteiger partial charge in [-0.15, -0.1) is 0 Å². The number of amides is 1. The van der Waals surface area contributed by atoms with Crippen LogP contribution in [0, 0.1) is 0 Å². The van der Waals surface area contributed by atoms with Gasteiger partial charge in [-0.2, -0.15) is 0 Å². The summed E-state index contributed by atoms with van der Waals surface area (Å²) in [4.78, 5) is 22.3. The van der Waals surface area contributed by atoms with Gasteiger partial charge in [0.1, 0.15) is 5.69 Å². The van der Waals surface area contributed by atoms with E-state index in [4.69, 9.17) is 5.11 Å². The molecule has 5 nitrogen and oxygen atoms in total. The van der Waals surface area contributed by atoms with Crippen molar-refractivity contribution >= 4 is 11.9 Å². The monoisotopic (exact) mass is 238 g/mol. The molecule has 1 atom stereocenters. The van der Waals surface area contributed by atoms with Crippen LogP contribution in [0.1, 0.15) is 37.2 Å². The summed E-state index contributed by atoms with van der Waals surface area (Å²) in [6.45, 7) is 4.50. The molecule has 5 heteroatoms. The summed E-state index contributed by atoms with van der Waals surface area (Å²) in [5, 5.41) is 11.3. The minimum absolute atomic E-state index is 0.0657. The van der Waals surface area contributed by atoms with Crippen molar-refractivity contribution in [3.63, 3.8) is 0 Å². The highest BCUT2D eigenvalue weighted by Gasteiger charge is 2.13. The van der Waals surface area contributed by atoms with E-state index in [0.29, 0.717) is 12.1 Å². The van der Waals surface area contributed by atoms with Crippen molar-refractivity contribution in [2.45, 2.75) is 39.3 Å². The summed E-state index contributed by atoms with van der Waals surface area (Å²) in [6, 6.07) is 3.43. The van der Waals surface area contributed by atoms with Gasteiger partial charge in [0.15, 0.2) is 0 Å². The molecule has 17 heavy (non-hydrogen) atoms. The van der Waals surface area contributed by atoms with Crippen LogP contribution in [-0.2, 0) is 11.3 Å². The van der Waals surface area contributed by atoms with Crippen LogP contribution in [0.3, 0.4) is 0 Å². The molecule has 1 aromatic rings. The van der Waals surface area contributed by atoms with Crippen LogP contribution in [0.4, 0.5) is 0 Å². The number of nitrogens with one attached hydrogen (secondary N) is 1. The normalized spacial score (nSPS) is 12.1. The van der Waals surface area contributed by atoms with E-state index in [9.17, 15) is 9.59 Å². The van der Waals surface area contributed by atoms with Crippen LogP contribution in [0.2, 0.25) is 0 Å². The Kier molecular flexibility index (Phi) is 4.75. The zero-order valence-electron chi connectivity index (χ0n) is 10.1. The van der Waals surface area contributed by atoms with Crippen molar-refractivity contribution in [2.75, 3.05) is 0 Å². The fourth-order valence-corrected chi connectivity index (χ4v) is 1.61.